The highest BCUT2D eigenvalue weighted by molar-refractivity contribution is 6.10. The minimum absolute atomic E-state index is 0.0703. The van der Waals surface area contributed by atoms with Crippen LogP contribution in [-0.4, -0.2) is 37.3 Å². The molecule has 2 amide bonds. The van der Waals surface area contributed by atoms with Crippen LogP contribution in [0.2, 0.25) is 0 Å². The van der Waals surface area contributed by atoms with Gasteiger partial charge in [0.25, 0.3) is 5.91 Å². The molecule has 0 N–H and O–H groups in total. The van der Waals surface area contributed by atoms with Crippen molar-refractivity contribution >= 4 is 23.4 Å². The Morgan fingerprint density at radius 2 is 1.65 bits per heavy atom. The van der Waals surface area contributed by atoms with E-state index in [1.165, 1.54) is 0 Å². The van der Waals surface area contributed by atoms with Gasteiger partial charge in [-0.15, -0.1) is 0 Å². The number of anilines is 2. The SMILES string of the molecule is CCOC(=O)N1c2cc(C)c(C)cc2N(C(=O)c2ccc(OC(C)C)cc2)CC1CC. The largest absolute Gasteiger partial charge is 0.491 e. The lowest BCUT2D eigenvalue weighted by molar-refractivity contribution is 0.0981. The fraction of sp³-hybridized carbons (Fsp3) is 0.440. The molecule has 0 spiro atoms. The summed E-state index contributed by atoms with van der Waals surface area (Å²) in [5, 5.41) is 0. The average Bonchev–Trinajstić information content (AvgIpc) is 2.73. The number of carbonyl (C=O) groups excluding carboxylic acids is 2. The predicted octanol–water partition coefficient (Wildman–Crippen LogP) is 5.49. The number of amides is 2. The number of rotatable bonds is 5. The summed E-state index contributed by atoms with van der Waals surface area (Å²) in [5.74, 6) is 0.638. The van der Waals surface area contributed by atoms with Gasteiger partial charge in [-0.2, -0.15) is 0 Å². The van der Waals surface area contributed by atoms with Gasteiger partial charge in [0.2, 0.25) is 0 Å². The Morgan fingerprint density at radius 1 is 1.03 bits per heavy atom. The fourth-order valence-electron chi connectivity index (χ4n) is 3.83. The Bertz CT molecular complexity index is 953. The molecule has 0 aliphatic carbocycles. The van der Waals surface area contributed by atoms with E-state index >= 15 is 0 Å². The highest BCUT2D eigenvalue weighted by atomic mass is 16.6. The average molecular weight is 425 g/mol. The molecule has 2 aromatic rings. The number of hydrogen-bond donors (Lipinski definition) is 0. The summed E-state index contributed by atoms with van der Waals surface area (Å²) in [5.41, 5.74) is 4.16. The first-order chi connectivity index (χ1) is 14.8. The van der Waals surface area contributed by atoms with Crippen molar-refractivity contribution in [3.63, 3.8) is 0 Å². The third kappa shape index (κ3) is 4.68. The summed E-state index contributed by atoms with van der Waals surface area (Å²) < 4.78 is 11.0. The van der Waals surface area contributed by atoms with Crippen LogP contribution in [0.4, 0.5) is 16.2 Å². The van der Waals surface area contributed by atoms with Crippen molar-refractivity contribution < 1.29 is 19.1 Å². The van der Waals surface area contributed by atoms with Crippen LogP contribution in [0.5, 0.6) is 5.75 Å². The molecule has 6 heteroatoms. The minimum atomic E-state index is -0.374. The number of carbonyl (C=O) groups is 2. The van der Waals surface area contributed by atoms with Crippen molar-refractivity contribution in [3.05, 3.63) is 53.1 Å². The number of ether oxygens (including phenoxy) is 2. The monoisotopic (exact) mass is 424 g/mol. The van der Waals surface area contributed by atoms with E-state index in [0.29, 0.717) is 30.8 Å². The van der Waals surface area contributed by atoms with Crippen LogP contribution in [0, 0.1) is 13.8 Å². The lowest BCUT2D eigenvalue weighted by Gasteiger charge is -2.42. The van der Waals surface area contributed by atoms with Crippen molar-refractivity contribution in [3.8, 4) is 5.75 Å². The Hall–Kier alpha value is -3.02. The van der Waals surface area contributed by atoms with E-state index in [2.05, 4.69) is 0 Å². The van der Waals surface area contributed by atoms with Gasteiger partial charge in [0, 0.05) is 12.1 Å². The van der Waals surface area contributed by atoms with Gasteiger partial charge in [0.15, 0.2) is 0 Å². The van der Waals surface area contributed by atoms with Gasteiger partial charge in [-0.25, -0.2) is 4.79 Å². The first kappa shape index (κ1) is 22.7. The maximum absolute atomic E-state index is 13.5. The van der Waals surface area contributed by atoms with Crippen molar-refractivity contribution in [2.45, 2.75) is 60.1 Å². The lowest BCUT2D eigenvalue weighted by atomic mass is 9.99. The second-order valence-electron chi connectivity index (χ2n) is 8.16. The van der Waals surface area contributed by atoms with E-state index in [1.54, 1.807) is 28.9 Å². The van der Waals surface area contributed by atoms with Gasteiger partial charge in [-0.05, 0) is 88.6 Å². The molecular weight excluding hydrogens is 392 g/mol. The Labute approximate surface area is 184 Å². The molecule has 0 saturated carbocycles. The Kier molecular flexibility index (Phi) is 6.88. The van der Waals surface area contributed by atoms with Gasteiger partial charge < -0.3 is 14.4 Å². The Morgan fingerprint density at radius 3 is 2.19 bits per heavy atom. The zero-order chi connectivity index (χ0) is 22.7. The molecule has 0 aromatic heterocycles. The number of benzene rings is 2. The van der Waals surface area contributed by atoms with Gasteiger partial charge >= 0.3 is 6.09 Å². The molecule has 1 aliphatic rings. The molecule has 1 unspecified atom stereocenters. The van der Waals surface area contributed by atoms with E-state index in [-0.39, 0.29) is 24.1 Å². The topological polar surface area (TPSA) is 59.1 Å². The summed E-state index contributed by atoms with van der Waals surface area (Å²) in [6.45, 7) is 12.5. The van der Waals surface area contributed by atoms with E-state index in [4.69, 9.17) is 9.47 Å². The predicted molar refractivity (Wildman–Crippen MR) is 123 cm³/mol. The van der Waals surface area contributed by atoms with Crippen molar-refractivity contribution in [1.82, 2.24) is 0 Å². The first-order valence-corrected chi connectivity index (χ1v) is 10.9. The normalized spacial score (nSPS) is 15.6. The quantitative estimate of drug-likeness (QED) is 0.637. The van der Waals surface area contributed by atoms with E-state index in [9.17, 15) is 9.59 Å². The second kappa shape index (κ2) is 9.41. The van der Waals surface area contributed by atoms with Crippen molar-refractivity contribution in [2.24, 2.45) is 0 Å². The maximum atomic E-state index is 13.5. The zero-order valence-corrected chi connectivity index (χ0v) is 19.3. The Balaban J connectivity index is 2.02. The molecule has 2 aromatic carbocycles. The summed E-state index contributed by atoms with van der Waals surface area (Å²) in [7, 11) is 0. The van der Waals surface area contributed by atoms with Crippen LogP contribution in [-0.2, 0) is 4.74 Å². The fourth-order valence-corrected chi connectivity index (χ4v) is 3.83. The molecule has 1 aliphatic heterocycles. The van der Waals surface area contributed by atoms with Crippen LogP contribution in [0.15, 0.2) is 36.4 Å². The summed E-state index contributed by atoms with van der Waals surface area (Å²) in [6.07, 6.45) is 0.401. The minimum Gasteiger partial charge on any atom is -0.491 e. The zero-order valence-electron chi connectivity index (χ0n) is 19.3. The number of aryl methyl sites for hydroxylation is 2. The second-order valence-corrected chi connectivity index (χ2v) is 8.16. The molecule has 3 rings (SSSR count). The molecular formula is C25H32N2O4. The van der Waals surface area contributed by atoms with Gasteiger partial charge in [0.05, 0.1) is 30.1 Å². The molecule has 6 nitrogen and oxygen atoms in total. The van der Waals surface area contributed by atoms with E-state index < -0.39 is 0 Å². The van der Waals surface area contributed by atoms with Gasteiger partial charge in [-0.1, -0.05) is 6.92 Å². The van der Waals surface area contributed by atoms with Crippen molar-refractivity contribution in [2.75, 3.05) is 23.0 Å². The molecule has 0 fully saturated rings. The summed E-state index contributed by atoms with van der Waals surface area (Å²) >= 11 is 0. The molecule has 0 saturated heterocycles. The highest BCUT2D eigenvalue weighted by Gasteiger charge is 2.37. The first-order valence-electron chi connectivity index (χ1n) is 10.9. The molecule has 166 valence electrons. The summed E-state index contributed by atoms with van der Waals surface area (Å²) in [4.78, 5) is 29.8. The van der Waals surface area contributed by atoms with Crippen LogP contribution in [0.1, 0.15) is 55.6 Å². The van der Waals surface area contributed by atoms with Crippen LogP contribution in [0.25, 0.3) is 0 Å². The number of fused-ring (bicyclic) bond motifs is 1. The van der Waals surface area contributed by atoms with Gasteiger partial charge in [-0.3, -0.25) is 9.69 Å². The van der Waals surface area contributed by atoms with Crippen LogP contribution >= 0.6 is 0 Å². The molecule has 1 atom stereocenters. The standard InChI is InChI=1S/C25H32N2O4/c1-7-20-15-26(24(28)19-9-11-21(12-10-19)31-16(3)4)22-13-17(5)18(6)14-23(22)27(20)25(29)30-8-2/h9-14,16,20H,7-8,15H2,1-6H3. The maximum Gasteiger partial charge on any atom is 0.414 e. The molecule has 0 bridgehead atoms. The van der Waals surface area contributed by atoms with E-state index in [1.807, 2.05) is 58.9 Å². The smallest absolute Gasteiger partial charge is 0.414 e. The number of nitrogens with zero attached hydrogens (tertiary/aromatic N) is 2. The third-order valence-corrected chi connectivity index (χ3v) is 5.55. The van der Waals surface area contributed by atoms with Crippen LogP contribution < -0.4 is 14.5 Å². The third-order valence-electron chi connectivity index (χ3n) is 5.55. The molecule has 0 radical (unpaired) electrons. The number of hydrogen-bond acceptors (Lipinski definition) is 4. The summed E-state index contributed by atoms with van der Waals surface area (Å²) in [6, 6.07) is 11.0. The van der Waals surface area contributed by atoms with E-state index in [0.717, 1.165) is 22.6 Å². The van der Waals surface area contributed by atoms with Crippen molar-refractivity contribution in [1.29, 1.82) is 0 Å². The van der Waals surface area contributed by atoms with Crippen LogP contribution in [0.3, 0.4) is 0 Å². The highest BCUT2D eigenvalue weighted by Crippen LogP contribution is 2.39. The lowest BCUT2D eigenvalue weighted by Crippen LogP contribution is -2.53. The van der Waals surface area contributed by atoms with Gasteiger partial charge in [0.1, 0.15) is 5.75 Å². The molecule has 31 heavy (non-hydrogen) atoms. The molecule has 1 heterocycles.